The minimum Gasteiger partial charge on any atom is -0.342 e. The predicted octanol–water partition coefficient (Wildman–Crippen LogP) is 3.50. The summed E-state index contributed by atoms with van der Waals surface area (Å²) >= 11 is 0. The topological polar surface area (TPSA) is 31.9 Å². The van der Waals surface area contributed by atoms with E-state index in [9.17, 15) is 0 Å². The normalized spacial score (nSPS) is 18.5. The van der Waals surface area contributed by atoms with Crippen LogP contribution in [0.4, 0.5) is 0 Å². The van der Waals surface area contributed by atoms with Gasteiger partial charge in [0.2, 0.25) is 0 Å². The molecule has 1 aliphatic heterocycles. The zero-order chi connectivity index (χ0) is 13.4. The number of hydrogen-bond acceptors (Lipinski definition) is 2. The van der Waals surface area contributed by atoms with Gasteiger partial charge in [-0.15, -0.1) is 0 Å². The molecule has 1 aliphatic rings. The van der Waals surface area contributed by atoms with E-state index in [4.69, 9.17) is 0 Å². The SMILES string of the molecule is CC(C)c1nc2ccc(C3CCN(C)CC3)cc2[nH]1. The Balaban J connectivity index is 1.88. The largest absolute Gasteiger partial charge is 0.342 e. The lowest BCUT2D eigenvalue weighted by Gasteiger charge is -2.29. The van der Waals surface area contributed by atoms with Gasteiger partial charge in [0.15, 0.2) is 0 Å². The number of nitrogens with zero attached hydrogens (tertiary/aromatic N) is 2. The zero-order valence-corrected chi connectivity index (χ0v) is 12.1. The molecule has 0 aliphatic carbocycles. The summed E-state index contributed by atoms with van der Waals surface area (Å²) in [5.74, 6) is 2.26. The third kappa shape index (κ3) is 2.52. The van der Waals surface area contributed by atoms with Crippen molar-refractivity contribution >= 4 is 11.0 Å². The average molecular weight is 257 g/mol. The van der Waals surface area contributed by atoms with Crippen LogP contribution in [0.5, 0.6) is 0 Å². The first-order valence-corrected chi connectivity index (χ1v) is 7.31. The molecule has 1 N–H and O–H groups in total. The maximum Gasteiger partial charge on any atom is 0.109 e. The van der Waals surface area contributed by atoms with Crippen LogP contribution in [0.3, 0.4) is 0 Å². The maximum absolute atomic E-state index is 4.65. The highest BCUT2D eigenvalue weighted by Gasteiger charge is 2.19. The van der Waals surface area contributed by atoms with Crippen molar-refractivity contribution in [1.29, 1.82) is 0 Å². The van der Waals surface area contributed by atoms with Crippen molar-refractivity contribution in [1.82, 2.24) is 14.9 Å². The summed E-state index contributed by atoms with van der Waals surface area (Å²) in [7, 11) is 2.21. The van der Waals surface area contributed by atoms with E-state index in [2.05, 4.69) is 54.0 Å². The quantitative estimate of drug-likeness (QED) is 0.893. The Morgan fingerprint density at radius 2 is 2.00 bits per heavy atom. The molecule has 0 unspecified atom stereocenters. The molecule has 3 nitrogen and oxygen atoms in total. The second-order valence-electron chi connectivity index (χ2n) is 6.13. The fourth-order valence-electron chi connectivity index (χ4n) is 2.92. The summed E-state index contributed by atoms with van der Waals surface area (Å²) in [6.45, 7) is 6.77. The lowest BCUT2D eigenvalue weighted by molar-refractivity contribution is 0.255. The highest BCUT2D eigenvalue weighted by molar-refractivity contribution is 5.76. The van der Waals surface area contributed by atoms with Crippen molar-refractivity contribution in [2.24, 2.45) is 0 Å². The Labute approximate surface area is 115 Å². The molecule has 0 bridgehead atoms. The Hall–Kier alpha value is -1.35. The Morgan fingerprint density at radius 3 is 2.68 bits per heavy atom. The van der Waals surface area contributed by atoms with Crippen molar-refractivity contribution in [3.63, 3.8) is 0 Å². The number of imidazole rings is 1. The standard InChI is InChI=1S/C16H23N3/c1-11(2)16-17-14-5-4-13(10-15(14)18-16)12-6-8-19(3)9-7-12/h4-5,10-12H,6-9H2,1-3H3,(H,17,18). The summed E-state index contributed by atoms with van der Waals surface area (Å²) in [6.07, 6.45) is 2.54. The summed E-state index contributed by atoms with van der Waals surface area (Å²) in [5, 5.41) is 0. The molecule has 0 saturated carbocycles. The fraction of sp³-hybridized carbons (Fsp3) is 0.562. The first-order valence-electron chi connectivity index (χ1n) is 7.31. The number of fused-ring (bicyclic) bond motifs is 1. The molecule has 1 aromatic carbocycles. The number of H-pyrrole nitrogens is 1. The van der Waals surface area contributed by atoms with Crippen LogP contribution in [-0.4, -0.2) is 35.0 Å². The summed E-state index contributed by atoms with van der Waals surface area (Å²) in [6, 6.07) is 6.75. The van der Waals surface area contributed by atoms with Crippen molar-refractivity contribution in [3.8, 4) is 0 Å². The van der Waals surface area contributed by atoms with Crippen molar-refractivity contribution in [2.45, 2.75) is 38.5 Å². The van der Waals surface area contributed by atoms with Gasteiger partial charge >= 0.3 is 0 Å². The molecule has 0 radical (unpaired) electrons. The van der Waals surface area contributed by atoms with E-state index >= 15 is 0 Å². The van der Waals surface area contributed by atoms with Gasteiger partial charge in [-0.05, 0) is 56.6 Å². The molecule has 0 amide bonds. The van der Waals surface area contributed by atoms with Gasteiger partial charge in [-0.1, -0.05) is 19.9 Å². The fourth-order valence-corrected chi connectivity index (χ4v) is 2.92. The molecular weight excluding hydrogens is 234 g/mol. The van der Waals surface area contributed by atoms with E-state index in [1.807, 2.05) is 0 Å². The maximum atomic E-state index is 4.65. The molecule has 1 aromatic heterocycles. The van der Waals surface area contributed by atoms with Gasteiger partial charge in [0.1, 0.15) is 5.82 Å². The Bertz CT molecular complexity index is 562. The van der Waals surface area contributed by atoms with Crippen molar-refractivity contribution in [3.05, 3.63) is 29.6 Å². The average Bonchev–Trinajstić information content (AvgIpc) is 2.82. The Kier molecular flexibility index (Phi) is 3.31. The summed E-state index contributed by atoms with van der Waals surface area (Å²) in [4.78, 5) is 10.5. The molecular formula is C16H23N3. The predicted molar refractivity (Wildman–Crippen MR) is 79.7 cm³/mol. The van der Waals surface area contributed by atoms with Crippen LogP contribution in [0, 0.1) is 0 Å². The third-order valence-electron chi connectivity index (χ3n) is 4.26. The number of rotatable bonds is 2. The number of nitrogens with one attached hydrogen (secondary N) is 1. The summed E-state index contributed by atoms with van der Waals surface area (Å²) < 4.78 is 0. The monoisotopic (exact) mass is 257 g/mol. The van der Waals surface area contributed by atoms with E-state index in [0.717, 1.165) is 11.3 Å². The molecule has 3 heteroatoms. The van der Waals surface area contributed by atoms with Gasteiger partial charge in [-0.2, -0.15) is 0 Å². The van der Waals surface area contributed by atoms with E-state index < -0.39 is 0 Å². The number of piperidine rings is 1. The zero-order valence-electron chi connectivity index (χ0n) is 12.1. The smallest absolute Gasteiger partial charge is 0.109 e. The molecule has 2 heterocycles. The van der Waals surface area contributed by atoms with Crippen LogP contribution in [-0.2, 0) is 0 Å². The van der Waals surface area contributed by atoms with Crippen LogP contribution in [0.25, 0.3) is 11.0 Å². The van der Waals surface area contributed by atoms with Crippen LogP contribution >= 0.6 is 0 Å². The number of aromatic amines is 1. The lowest BCUT2D eigenvalue weighted by Crippen LogP contribution is -2.29. The van der Waals surface area contributed by atoms with E-state index in [1.54, 1.807) is 0 Å². The molecule has 0 atom stereocenters. The second-order valence-corrected chi connectivity index (χ2v) is 6.13. The van der Waals surface area contributed by atoms with Crippen molar-refractivity contribution in [2.75, 3.05) is 20.1 Å². The van der Waals surface area contributed by atoms with Gasteiger partial charge in [0.05, 0.1) is 11.0 Å². The molecule has 102 valence electrons. The van der Waals surface area contributed by atoms with Gasteiger partial charge in [-0.3, -0.25) is 0 Å². The van der Waals surface area contributed by atoms with E-state index in [-0.39, 0.29) is 0 Å². The first kappa shape index (κ1) is 12.7. The third-order valence-corrected chi connectivity index (χ3v) is 4.26. The minimum absolute atomic E-state index is 0.458. The molecule has 19 heavy (non-hydrogen) atoms. The number of likely N-dealkylation sites (tertiary alicyclic amines) is 1. The van der Waals surface area contributed by atoms with E-state index in [0.29, 0.717) is 11.8 Å². The summed E-state index contributed by atoms with van der Waals surface area (Å²) in [5.41, 5.74) is 3.76. The molecule has 0 spiro atoms. The molecule has 2 aromatic rings. The minimum atomic E-state index is 0.458. The molecule has 1 saturated heterocycles. The van der Waals surface area contributed by atoms with Crippen LogP contribution in [0.1, 0.15) is 49.9 Å². The van der Waals surface area contributed by atoms with E-state index in [1.165, 1.54) is 37.0 Å². The number of benzene rings is 1. The van der Waals surface area contributed by atoms with Gasteiger partial charge < -0.3 is 9.88 Å². The Morgan fingerprint density at radius 1 is 1.26 bits per heavy atom. The van der Waals surface area contributed by atoms with Gasteiger partial charge in [0, 0.05) is 5.92 Å². The molecule has 3 rings (SSSR count). The van der Waals surface area contributed by atoms with Gasteiger partial charge in [0.25, 0.3) is 0 Å². The van der Waals surface area contributed by atoms with Crippen LogP contribution in [0.15, 0.2) is 18.2 Å². The van der Waals surface area contributed by atoms with Crippen molar-refractivity contribution < 1.29 is 0 Å². The highest BCUT2D eigenvalue weighted by Crippen LogP contribution is 2.29. The van der Waals surface area contributed by atoms with Crippen LogP contribution < -0.4 is 0 Å². The first-order chi connectivity index (χ1) is 9.13. The number of hydrogen-bond donors (Lipinski definition) is 1. The highest BCUT2D eigenvalue weighted by atomic mass is 15.1. The number of aromatic nitrogens is 2. The molecule has 1 fully saturated rings. The van der Waals surface area contributed by atoms with Crippen LogP contribution in [0.2, 0.25) is 0 Å². The van der Waals surface area contributed by atoms with Gasteiger partial charge in [-0.25, -0.2) is 4.98 Å². The lowest BCUT2D eigenvalue weighted by atomic mass is 9.89. The second kappa shape index (κ2) is 4.97.